The molecule has 1 aromatic rings. The van der Waals surface area contributed by atoms with E-state index < -0.39 is 9.84 Å². The van der Waals surface area contributed by atoms with Crippen LogP contribution in [-0.4, -0.2) is 49.4 Å². The number of para-hydroxylation sites is 1. The van der Waals surface area contributed by atoms with Crippen molar-refractivity contribution in [3.8, 4) is 5.75 Å². The Morgan fingerprint density at radius 2 is 2.09 bits per heavy atom. The second-order valence-electron chi connectivity index (χ2n) is 6.48. The van der Waals surface area contributed by atoms with Gasteiger partial charge in [0.05, 0.1) is 17.1 Å². The lowest BCUT2D eigenvalue weighted by molar-refractivity contribution is 0.0703. The van der Waals surface area contributed by atoms with E-state index in [9.17, 15) is 13.2 Å². The maximum Gasteiger partial charge on any atom is 0.257 e. The Hall–Kier alpha value is -1.56. The number of sulfone groups is 1. The van der Waals surface area contributed by atoms with Crippen LogP contribution in [0.2, 0.25) is 0 Å². The maximum atomic E-state index is 13.0. The zero-order valence-electron chi connectivity index (χ0n) is 13.8. The molecule has 0 aliphatic carbocycles. The van der Waals surface area contributed by atoms with Crippen molar-refractivity contribution in [3.05, 3.63) is 29.3 Å². The smallest absolute Gasteiger partial charge is 0.257 e. The molecule has 126 valence electrons. The fraction of sp³-hybridized carbons (Fsp3) is 0.588. The minimum atomic E-state index is -3.02. The molecule has 0 aromatic heterocycles. The number of nitrogens with zero attached hydrogens (tertiary/aromatic N) is 1. The van der Waals surface area contributed by atoms with Gasteiger partial charge in [-0.25, -0.2) is 8.42 Å². The van der Waals surface area contributed by atoms with Gasteiger partial charge in [-0.15, -0.1) is 0 Å². The van der Waals surface area contributed by atoms with E-state index >= 15 is 0 Å². The molecule has 1 fully saturated rings. The summed E-state index contributed by atoms with van der Waals surface area (Å²) in [5, 5.41) is 0. The number of hydrogen-bond donors (Lipinski definition) is 0. The zero-order valence-corrected chi connectivity index (χ0v) is 14.6. The van der Waals surface area contributed by atoms with Crippen molar-refractivity contribution in [2.24, 2.45) is 0 Å². The molecule has 6 heteroatoms. The monoisotopic (exact) mass is 337 g/mol. The van der Waals surface area contributed by atoms with Crippen molar-refractivity contribution in [2.75, 3.05) is 18.1 Å². The van der Waals surface area contributed by atoms with Crippen molar-refractivity contribution in [1.29, 1.82) is 0 Å². The lowest BCUT2D eigenvalue weighted by atomic mass is 9.96. The molecule has 3 unspecified atom stereocenters. The number of carbonyl (C=O) groups is 1. The standard InChI is InChI=1S/C17H23NO4S/c1-4-18(13-8-9-23(20,21)10-13)17(19)15-7-5-6-14-11(2)12(3)22-16(14)15/h5-7,11-13H,4,8-10H2,1-3H3. The van der Waals surface area contributed by atoms with Gasteiger partial charge in [-0.2, -0.15) is 0 Å². The quantitative estimate of drug-likeness (QED) is 0.848. The van der Waals surface area contributed by atoms with Gasteiger partial charge in [0.25, 0.3) is 5.91 Å². The predicted octanol–water partition coefficient (Wildman–Crippen LogP) is 2.22. The molecule has 0 radical (unpaired) electrons. The van der Waals surface area contributed by atoms with Gasteiger partial charge in [-0.1, -0.05) is 19.1 Å². The van der Waals surface area contributed by atoms with E-state index in [1.807, 2.05) is 26.0 Å². The highest BCUT2D eigenvalue weighted by Gasteiger charge is 2.37. The van der Waals surface area contributed by atoms with Crippen LogP contribution >= 0.6 is 0 Å². The van der Waals surface area contributed by atoms with Crippen LogP contribution in [0.5, 0.6) is 5.75 Å². The molecule has 0 bridgehead atoms. The first-order chi connectivity index (χ1) is 10.8. The average molecular weight is 337 g/mol. The Bertz CT molecular complexity index is 728. The highest BCUT2D eigenvalue weighted by atomic mass is 32.2. The summed E-state index contributed by atoms with van der Waals surface area (Å²) in [7, 11) is -3.02. The van der Waals surface area contributed by atoms with E-state index in [1.54, 1.807) is 11.0 Å². The minimum Gasteiger partial charge on any atom is -0.489 e. The number of fused-ring (bicyclic) bond motifs is 1. The van der Waals surface area contributed by atoms with Crippen LogP contribution in [0.1, 0.15) is 49.0 Å². The van der Waals surface area contributed by atoms with E-state index in [4.69, 9.17) is 4.74 Å². The second-order valence-corrected chi connectivity index (χ2v) is 8.71. The molecule has 1 saturated heterocycles. The highest BCUT2D eigenvalue weighted by molar-refractivity contribution is 7.91. The lowest BCUT2D eigenvalue weighted by Gasteiger charge is -2.27. The second kappa shape index (κ2) is 5.82. The molecule has 3 atom stereocenters. The van der Waals surface area contributed by atoms with Crippen LogP contribution in [0.15, 0.2) is 18.2 Å². The van der Waals surface area contributed by atoms with Gasteiger partial charge in [0.1, 0.15) is 11.9 Å². The number of rotatable bonds is 3. The Morgan fingerprint density at radius 3 is 2.70 bits per heavy atom. The molecule has 2 heterocycles. The molecule has 0 N–H and O–H groups in total. The highest BCUT2D eigenvalue weighted by Crippen LogP contribution is 2.40. The van der Waals surface area contributed by atoms with E-state index in [-0.39, 0.29) is 35.5 Å². The SMILES string of the molecule is CCN(C(=O)c1cccc2c1OC(C)C2C)C1CCS(=O)(=O)C1. The van der Waals surface area contributed by atoms with Gasteiger partial charge in [-0.3, -0.25) is 4.79 Å². The molecule has 23 heavy (non-hydrogen) atoms. The molecular formula is C17H23NO4S. The van der Waals surface area contributed by atoms with Crippen LogP contribution < -0.4 is 4.74 Å². The third-order valence-electron chi connectivity index (χ3n) is 5.03. The number of carbonyl (C=O) groups excluding carboxylic acids is 1. The van der Waals surface area contributed by atoms with Crippen LogP contribution in [-0.2, 0) is 9.84 Å². The van der Waals surface area contributed by atoms with E-state index in [0.29, 0.717) is 24.3 Å². The molecule has 0 saturated carbocycles. The molecular weight excluding hydrogens is 314 g/mol. The van der Waals surface area contributed by atoms with Gasteiger partial charge in [0.2, 0.25) is 0 Å². The molecule has 1 amide bonds. The first-order valence-corrected chi connectivity index (χ1v) is 9.97. The third kappa shape index (κ3) is 2.84. The van der Waals surface area contributed by atoms with Crippen LogP contribution in [0, 0.1) is 0 Å². The summed E-state index contributed by atoms with van der Waals surface area (Å²) in [6.45, 7) is 6.47. The fourth-order valence-electron chi connectivity index (χ4n) is 3.50. The summed E-state index contributed by atoms with van der Waals surface area (Å²) in [6, 6.07) is 5.42. The Kier molecular flexibility index (Phi) is 4.12. The fourth-order valence-corrected chi connectivity index (χ4v) is 5.23. The van der Waals surface area contributed by atoms with Crippen LogP contribution in [0.4, 0.5) is 0 Å². The first kappa shape index (κ1) is 16.3. The molecule has 2 aliphatic rings. The van der Waals surface area contributed by atoms with Crippen molar-refractivity contribution < 1.29 is 17.9 Å². The zero-order chi connectivity index (χ0) is 16.8. The van der Waals surface area contributed by atoms with E-state index in [0.717, 1.165) is 5.56 Å². The first-order valence-electron chi connectivity index (χ1n) is 8.15. The van der Waals surface area contributed by atoms with Crippen LogP contribution in [0.3, 0.4) is 0 Å². The minimum absolute atomic E-state index is 0.0425. The summed E-state index contributed by atoms with van der Waals surface area (Å²) in [4.78, 5) is 14.7. The molecule has 3 rings (SSSR count). The number of ether oxygens (including phenoxy) is 1. The summed E-state index contributed by atoms with van der Waals surface area (Å²) in [5.74, 6) is 1.01. The third-order valence-corrected chi connectivity index (χ3v) is 6.78. The largest absolute Gasteiger partial charge is 0.489 e. The predicted molar refractivity (Wildman–Crippen MR) is 88.7 cm³/mol. The summed E-state index contributed by atoms with van der Waals surface area (Å²) in [6.07, 6.45) is 0.561. The van der Waals surface area contributed by atoms with Gasteiger partial charge in [-0.05, 0) is 26.3 Å². The Labute approximate surface area is 137 Å². The van der Waals surface area contributed by atoms with Crippen molar-refractivity contribution >= 4 is 15.7 Å². The summed E-state index contributed by atoms with van der Waals surface area (Å²) in [5.41, 5.74) is 1.60. The van der Waals surface area contributed by atoms with Crippen molar-refractivity contribution in [1.82, 2.24) is 4.90 Å². The van der Waals surface area contributed by atoms with Gasteiger partial charge in [0, 0.05) is 24.1 Å². The molecule has 1 aromatic carbocycles. The van der Waals surface area contributed by atoms with Gasteiger partial charge >= 0.3 is 0 Å². The van der Waals surface area contributed by atoms with E-state index in [2.05, 4.69) is 6.92 Å². The Morgan fingerprint density at radius 1 is 1.35 bits per heavy atom. The molecule has 2 aliphatic heterocycles. The average Bonchev–Trinajstić information content (AvgIpc) is 3.00. The van der Waals surface area contributed by atoms with Crippen LogP contribution in [0.25, 0.3) is 0 Å². The molecule has 5 nitrogen and oxygen atoms in total. The van der Waals surface area contributed by atoms with E-state index in [1.165, 1.54) is 0 Å². The summed E-state index contributed by atoms with van der Waals surface area (Å²) >= 11 is 0. The maximum absolute atomic E-state index is 13.0. The lowest BCUT2D eigenvalue weighted by Crippen LogP contribution is -2.41. The van der Waals surface area contributed by atoms with Crippen molar-refractivity contribution in [2.45, 2.75) is 45.3 Å². The number of hydrogen-bond acceptors (Lipinski definition) is 4. The topological polar surface area (TPSA) is 63.7 Å². The normalized spacial score (nSPS) is 28.2. The van der Waals surface area contributed by atoms with Crippen molar-refractivity contribution in [3.63, 3.8) is 0 Å². The Balaban J connectivity index is 1.92. The van der Waals surface area contributed by atoms with Gasteiger partial charge < -0.3 is 9.64 Å². The molecule has 0 spiro atoms. The van der Waals surface area contributed by atoms with Gasteiger partial charge in [0.15, 0.2) is 9.84 Å². The number of benzene rings is 1. The summed E-state index contributed by atoms with van der Waals surface area (Å²) < 4.78 is 29.4. The number of amides is 1.